The Morgan fingerprint density at radius 1 is 1.23 bits per heavy atom. The third kappa shape index (κ3) is 4.33. The van der Waals surface area contributed by atoms with E-state index in [1.54, 1.807) is 36.8 Å². The number of amides is 1. The number of rotatable bonds is 7. The first-order chi connectivity index (χ1) is 14.9. The van der Waals surface area contributed by atoms with Crippen molar-refractivity contribution in [2.24, 2.45) is 5.92 Å². The number of ether oxygens (including phenoxy) is 2. The summed E-state index contributed by atoms with van der Waals surface area (Å²) in [5.41, 5.74) is 1.56. The van der Waals surface area contributed by atoms with E-state index < -0.39 is 5.41 Å². The van der Waals surface area contributed by atoms with Crippen LogP contribution in [0.5, 0.6) is 11.5 Å². The lowest BCUT2D eigenvalue weighted by atomic mass is 9.93. The molecule has 3 aromatic rings. The second-order valence-corrected chi connectivity index (χ2v) is 7.68. The number of carbonyl (C=O) groups is 1. The smallest absolute Gasteiger partial charge is 0.228 e. The maximum atomic E-state index is 13.5. The zero-order valence-electron chi connectivity index (χ0n) is 17.6. The van der Waals surface area contributed by atoms with Gasteiger partial charge in [-0.15, -0.1) is 0 Å². The number of hydrogen-bond donors (Lipinski definition) is 1. The van der Waals surface area contributed by atoms with Crippen LogP contribution in [0.25, 0.3) is 0 Å². The minimum Gasteiger partial charge on any atom is -0.495 e. The molecule has 1 saturated carbocycles. The molecule has 2 atom stereocenters. The van der Waals surface area contributed by atoms with Crippen LogP contribution < -0.4 is 14.8 Å². The van der Waals surface area contributed by atoms with Crippen molar-refractivity contribution < 1.29 is 18.7 Å². The predicted molar refractivity (Wildman–Crippen MR) is 113 cm³/mol. The molecule has 2 aromatic heterocycles. The number of benzene rings is 1. The molecule has 1 aliphatic carbocycles. The summed E-state index contributed by atoms with van der Waals surface area (Å²) in [7, 11) is 1.54. The maximum Gasteiger partial charge on any atom is 0.228 e. The summed E-state index contributed by atoms with van der Waals surface area (Å²) in [6.45, 7) is 3.91. The van der Waals surface area contributed by atoms with Gasteiger partial charge in [-0.2, -0.15) is 0 Å². The highest BCUT2D eigenvalue weighted by atomic mass is 19.1. The van der Waals surface area contributed by atoms with Crippen LogP contribution in [-0.2, 0) is 10.2 Å². The van der Waals surface area contributed by atoms with Crippen LogP contribution in [0.1, 0.15) is 23.5 Å². The van der Waals surface area contributed by atoms with E-state index in [4.69, 9.17) is 9.47 Å². The van der Waals surface area contributed by atoms with Crippen LogP contribution >= 0.6 is 0 Å². The molecule has 1 amide bonds. The first-order valence-electron chi connectivity index (χ1n) is 9.90. The molecular weight excluding hydrogens is 399 g/mol. The molecule has 0 saturated heterocycles. The van der Waals surface area contributed by atoms with E-state index >= 15 is 0 Å². The van der Waals surface area contributed by atoms with Crippen LogP contribution in [-0.4, -0.2) is 34.6 Å². The quantitative estimate of drug-likeness (QED) is 0.626. The van der Waals surface area contributed by atoms with Crippen molar-refractivity contribution in [2.45, 2.75) is 25.7 Å². The van der Waals surface area contributed by atoms with Gasteiger partial charge in [0.15, 0.2) is 5.75 Å². The number of carbonyl (C=O) groups excluding carboxylic acids is 1. The molecule has 31 heavy (non-hydrogen) atoms. The van der Waals surface area contributed by atoms with E-state index in [1.165, 1.54) is 19.2 Å². The normalized spacial score (nSPS) is 19.5. The lowest BCUT2D eigenvalue weighted by Crippen LogP contribution is -2.26. The zero-order valence-corrected chi connectivity index (χ0v) is 17.6. The number of methoxy groups -OCH3 is 1. The van der Waals surface area contributed by atoms with Crippen molar-refractivity contribution in [3.05, 3.63) is 71.8 Å². The Hall–Kier alpha value is -3.55. The fraction of sp³-hybridized carbons (Fsp3) is 0.304. The van der Waals surface area contributed by atoms with Gasteiger partial charge in [0.2, 0.25) is 5.91 Å². The highest BCUT2D eigenvalue weighted by Gasteiger charge is 2.60. The van der Waals surface area contributed by atoms with E-state index in [0.717, 1.165) is 11.3 Å². The van der Waals surface area contributed by atoms with Gasteiger partial charge in [0.1, 0.15) is 17.4 Å². The summed E-state index contributed by atoms with van der Waals surface area (Å²) in [6, 6.07) is 7.92. The average molecular weight is 422 g/mol. The molecule has 1 N–H and O–H groups in total. The number of halogens is 1. The van der Waals surface area contributed by atoms with Crippen molar-refractivity contribution in [3.8, 4) is 11.5 Å². The minimum atomic E-state index is -0.568. The molecule has 1 aromatic carbocycles. The third-order valence-corrected chi connectivity index (χ3v) is 5.57. The number of anilines is 1. The van der Waals surface area contributed by atoms with Gasteiger partial charge in [0.25, 0.3) is 0 Å². The first-order valence-corrected chi connectivity index (χ1v) is 9.90. The molecule has 7 nitrogen and oxygen atoms in total. The second-order valence-electron chi connectivity index (χ2n) is 7.68. The molecule has 0 unspecified atom stereocenters. The van der Waals surface area contributed by atoms with E-state index in [-0.39, 0.29) is 24.2 Å². The molecular formula is C23H23FN4O3. The monoisotopic (exact) mass is 422 g/mol. The largest absolute Gasteiger partial charge is 0.495 e. The van der Waals surface area contributed by atoms with Crippen molar-refractivity contribution in [1.82, 2.24) is 15.0 Å². The van der Waals surface area contributed by atoms with Gasteiger partial charge in [-0.25, -0.2) is 14.4 Å². The Kier molecular flexibility index (Phi) is 5.54. The van der Waals surface area contributed by atoms with Crippen LogP contribution in [0, 0.1) is 25.6 Å². The van der Waals surface area contributed by atoms with Crippen LogP contribution in [0.3, 0.4) is 0 Å². The molecule has 1 aliphatic rings. The fourth-order valence-corrected chi connectivity index (χ4v) is 3.74. The van der Waals surface area contributed by atoms with E-state index in [2.05, 4.69) is 20.3 Å². The average Bonchev–Trinajstić information content (AvgIpc) is 3.50. The molecule has 0 radical (unpaired) electrons. The Morgan fingerprint density at radius 3 is 2.71 bits per heavy atom. The van der Waals surface area contributed by atoms with Crippen molar-refractivity contribution in [1.29, 1.82) is 0 Å². The van der Waals surface area contributed by atoms with Gasteiger partial charge in [0, 0.05) is 11.5 Å². The molecule has 0 spiro atoms. The molecule has 0 aliphatic heterocycles. The van der Waals surface area contributed by atoms with Crippen molar-refractivity contribution >= 4 is 11.6 Å². The number of aromatic nitrogens is 3. The summed E-state index contributed by atoms with van der Waals surface area (Å²) >= 11 is 0. The molecule has 2 heterocycles. The fourth-order valence-electron chi connectivity index (χ4n) is 3.74. The number of nitrogens with one attached hydrogen (secondary N) is 1. The topological polar surface area (TPSA) is 86.2 Å². The Balaban J connectivity index is 1.55. The SMILES string of the molecule is COc1cncc(NC(=O)[C@@H]2C[C@@]2(COc2cnc(C)nc2C)c2ccc(F)cc2)c1. The Labute approximate surface area is 179 Å². The number of nitrogens with zero attached hydrogens (tertiary/aromatic N) is 3. The van der Waals surface area contributed by atoms with E-state index in [1.807, 2.05) is 13.8 Å². The van der Waals surface area contributed by atoms with Crippen molar-refractivity contribution in [3.63, 3.8) is 0 Å². The van der Waals surface area contributed by atoms with Gasteiger partial charge in [-0.1, -0.05) is 12.1 Å². The third-order valence-electron chi connectivity index (χ3n) is 5.57. The minimum absolute atomic E-state index is 0.153. The molecule has 1 fully saturated rings. The van der Waals surface area contributed by atoms with Gasteiger partial charge < -0.3 is 14.8 Å². The molecule has 160 valence electrons. The van der Waals surface area contributed by atoms with Gasteiger partial charge in [-0.05, 0) is 38.0 Å². The standard InChI is InChI=1S/C23H23FN4O3/c1-14-21(12-26-15(2)27-14)31-13-23(16-4-6-17(24)7-5-16)9-20(23)22(29)28-18-8-19(30-3)11-25-10-18/h4-8,10-12,20H,9,13H2,1-3H3,(H,28,29)/t20-,23+/m0/s1. The van der Waals surface area contributed by atoms with Crippen molar-refractivity contribution in [2.75, 3.05) is 19.0 Å². The molecule has 0 bridgehead atoms. The lowest BCUT2D eigenvalue weighted by molar-refractivity contribution is -0.117. The molecule has 8 heteroatoms. The van der Waals surface area contributed by atoms with Crippen LogP contribution in [0.2, 0.25) is 0 Å². The number of pyridine rings is 1. The number of hydrogen-bond acceptors (Lipinski definition) is 6. The number of aryl methyl sites for hydroxylation is 2. The van der Waals surface area contributed by atoms with E-state index in [0.29, 0.717) is 29.4 Å². The van der Waals surface area contributed by atoms with Gasteiger partial charge in [-0.3, -0.25) is 9.78 Å². The van der Waals surface area contributed by atoms with E-state index in [9.17, 15) is 9.18 Å². The second kappa shape index (κ2) is 8.29. The maximum absolute atomic E-state index is 13.5. The summed E-state index contributed by atoms with van der Waals surface area (Å²) in [5.74, 6) is 0.961. The highest BCUT2D eigenvalue weighted by Crippen LogP contribution is 2.55. The first kappa shape index (κ1) is 20.7. The van der Waals surface area contributed by atoms with Gasteiger partial charge >= 0.3 is 0 Å². The predicted octanol–water partition coefficient (Wildman–Crippen LogP) is 3.61. The van der Waals surface area contributed by atoms with Crippen LogP contribution in [0.15, 0.2) is 48.9 Å². The molecule has 4 rings (SSSR count). The summed E-state index contributed by atoms with van der Waals surface area (Å²) in [4.78, 5) is 25.6. The summed E-state index contributed by atoms with van der Waals surface area (Å²) in [5, 5.41) is 2.90. The Bertz CT molecular complexity index is 1110. The lowest BCUT2D eigenvalue weighted by Gasteiger charge is -2.19. The van der Waals surface area contributed by atoms with Crippen LogP contribution in [0.4, 0.5) is 10.1 Å². The summed E-state index contributed by atoms with van der Waals surface area (Å²) in [6.07, 6.45) is 5.34. The highest BCUT2D eigenvalue weighted by molar-refractivity contribution is 5.96. The van der Waals surface area contributed by atoms with Gasteiger partial charge in [0.05, 0.1) is 49.6 Å². The Morgan fingerprint density at radius 2 is 2.00 bits per heavy atom. The summed E-state index contributed by atoms with van der Waals surface area (Å²) < 4.78 is 24.7. The zero-order chi connectivity index (χ0) is 22.0.